The standard InChI is InChI=1S/C6H13ClO5/c7-1-3(9)5(11)6(12)4(10)2-8/h3-6,8-12H,1-2H2/t3-,4+,5+,6+/m0/s1. The Hall–Kier alpha value is 0.0900. The van der Waals surface area contributed by atoms with E-state index in [0.717, 1.165) is 0 Å². The molecule has 0 radical (unpaired) electrons. The molecule has 0 amide bonds. The van der Waals surface area contributed by atoms with E-state index in [1.165, 1.54) is 0 Å². The van der Waals surface area contributed by atoms with Gasteiger partial charge in [0.2, 0.25) is 0 Å². The lowest BCUT2D eigenvalue weighted by Gasteiger charge is -2.24. The maximum Gasteiger partial charge on any atom is 0.111 e. The summed E-state index contributed by atoms with van der Waals surface area (Å²) in [4.78, 5) is 0. The molecule has 5 nitrogen and oxygen atoms in total. The second-order valence-corrected chi connectivity index (χ2v) is 2.76. The summed E-state index contributed by atoms with van der Waals surface area (Å²) in [5.41, 5.74) is 0. The summed E-state index contributed by atoms with van der Waals surface area (Å²) in [5.74, 6) is -0.254. The van der Waals surface area contributed by atoms with Gasteiger partial charge in [0.1, 0.15) is 18.3 Å². The van der Waals surface area contributed by atoms with Crippen LogP contribution in [0.5, 0.6) is 0 Å². The quantitative estimate of drug-likeness (QED) is 0.320. The van der Waals surface area contributed by atoms with Crippen molar-refractivity contribution in [2.75, 3.05) is 12.5 Å². The zero-order valence-electron chi connectivity index (χ0n) is 6.34. The van der Waals surface area contributed by atoms with Gasteiger partial charge < -0.3 is 25.5 Å². The van der Waals surface area contributed by atoms with E-state index < -0.39 is 31.0 Å². The predicted octanol–water partition coefficient (Wildman–Crippen LogP) is -2.34. The summed E-state index contributed by atoms with van der Waals surface area (Å²) in [5, 5.41) is 44.1. The third-order valence-electron chi connectivity index (χ3n) is 1.48. The van der Waals surface area contributed by atoms with Crippen LogP contribution in [0.15, 0.2) is 0 Å². The highest BCUT2D eigenvalue weighted by Gasteiger charge is 2.29. The fourth-order valence-corrected chi connectivity index (χ4v) is 0.837. The number of aliphatic hydroxyl groups excluding tert-OH is 5. The summed E-state index contributed by atoms with van der Waals surface area (Å²) >= 11 is 5.17. The lowest BCUT2D eigenvalue weighted by Crippen LogP contribution is -2.46. The van der Waals surface area contributed by atoms with Crippen molar-refractivity contribution < 1.29 is 25.5 Å². The Labute approximate surface area is 74.8 Å². The van der Waals surface area contributed by atoms with E-state index >= 15 is 0 Å². The lowest BCUT2D eigenvalue weighted by atomic mass is 10.0. The van der Waals surface area contributed by atoms with E-state index in [1.54, 1.807) is 0 Å². The molecule has 0 spiro atoms. The third kappa shape index (κ3) is 3.22. The molecule has 0 fully saturated rings. The SMILES string of the molecule is OC[C@@H](O)[C@@H](O)[C@H](O)[C@@H](O)CCl. The smallest absolute Gasteiger partial charge is 0.111 e. The highest BCUT2D eigenvalue weighted by Crippen LogP contribution is 2.05. The summed E-state index contributed by atoms with van der Waals surface area (Å²) in [6.07, 6.45) is -5.94. The van der Waals surface area contributed by atoms with E-state index in [-0.39, 0.29) is 5.88 Å². The Balaban J connectivity index is 3.99. The highest BCUT2D eigenvalue weighted by molar-refractivity contribution is 6.18. The van der Waals surface area contributed by atoms with E-state index in [9.17, 15) is 0 Å². The Morgan fingerprint density at radius 3 is 1.67 bits per heavy atom. The topological polar surface area (TPSA) is 101 Å². The number of rotatable bonds is 5. The molecule has 74 valence electrons. The summed E-state index contributed by atoms with van der Waals surface area (Å²) in [6, 6.07) is 0. The Morgan fingerprint density at radius 2 is 1.33 bits per heavy atom. The molecule has 0 rings (SSSR count). The lowest BCUT2D eigenvalue weighted by molar-refractivity contribution is -0.110. The van der Waals surface area contributed by atoms with Crippen molar-refractivity contribution in [3.8, 4) is 0 Å². The van der Waals surface area contributed by atoms with Crippen LogP contribution in [0.1, 0.15) is 0 Å². The molecule has 0 saturated heterocycles. The predicted molar refractivity (Wildman–Crippen MR) is 41.8 cm³/mol. The normalized spacial score (nSPS) is 21.5. The molecule has 12 heavy (non-hydrogen) atoms. The van der Waals surface area contributed by atoms with Crippen molar-refractivity contribution >= 4 is 11.6 Å². The Bertz CT molecular complexity index is 109. The first kappa shape index (κ1) is 12.1. The minimum atomic E-state index is -1.59. The van der Waals surface area contributed by atoms with E-state index in [2.05, 4.69) is 0 Å². The fourth-order valence-electron chi connectivity index (χ4n) is 0.654. The molecule has 0 aliphatic carbocycles. The van der Waals surface area contributed by atoms with Gasteiger partial charge in [-0.05, 0) is 0 Å². The number of alkyl halides is 1. The van der Waals surface area contributed by atoms with Crippen LogP contribution in [-0.4, -0.2) is 62.4 Å². The van der Waals surface area contributed by atoms with Crippen LogP contribution >= 0.6 is 11.6 Å². The number of aliphatic hydroxyl groups is 5. The Kier molecular flexibility index (Phi) is 5.73. The van der Waals surface area contributed by atoms with Crippen molar-refractivity contribution in [2.24, 2.45) is 0 Å². The van der Waals surface area contributed by atoms with Gasteiger partial charge >= 0.3 is 0 Å². The van der Waals surface area contributed by atoms with E-state index in [4.69, 9.17) is 37.1 Å². The molecule has 0 aromatic rings. The second-order valence-electron chi connectivity index (χ2n) is 2.45. The van der Waals surface area contributed by atoms with Crippen LogP contribution in [0.25, 0.3) is 0 Å². The summed E-state index contributed by atoms with van der Waals surface area (Å²) in [7, 11) is 0. The molecular formula is C6H13ClO5. The van der Waals surface area contributed by atoms with Crippen LogP contribution in [0.4, 0.5) is 0 Å². The second kappa shape index (κ2) is 5.69. The fraction of sp³-hybridized carbons (Fsp3) is 1.00. The van der Waals surface area contributed by atoms with Gasteiger partial charge in [-0.15, -0.1) is 11.6 Å². The van der Waals surface area contributed by atoms with Gasteiger partial charge in [0.25, 0.3) is 0 Å². The molecule has 5 N–H and O–H groups in total. The molecule has 0 bridgehead atoms. The van der Waals surface area contributed by atoms with Gasteiger partial charge in [-0.3, -0.25) is 0 Å². The molecule has 0 aromatic carbocycles. The van der Waals surface area contributed by atoms with Crippen molar-refractivity contribution in [1.29, 1.82) is 0 Å². The van der Waals surface area contributed by atoms with Gasteiger partial charge in [-0.25, -0.2) is 0 Å². The summed E-state index contributed by atoms with van der Waals surface area (Å²) < 4.78 is 0. The first-order valence-electron chi connectivity index (χ1n) is 3.43. The number of hydrogen-bond acceptors (Lipinski definition) is 5. The molecule has 0 aromatic heterocycles. The molecule has 0 saturated carbocycles. The Morgan fingerprint density at radius 1 is 0.917 bits per heavy atom. The van der Waals surface area contributed by atoms with Crippen LogP contribution < -0.4 is 0 Å². The molecule has 6 heteroatoms. The minimum absolute atomic E-state index is 0.254. The maximum atomic E-state index is 9.03. The number of halogens is 1. The van der Waals surface area contributed by atoms with E-state index in [0.29, 0.717) is 0 Å². The third-order valence-corrected chi connectivity index (χ3v) is 1.80. The van der Waals surface area contributed by atoms with Gasteiger partial charge in [0.05, 0.1) is 18.6 Å². The first-order chi connectivity index (χ1) is 5.54. The molecular weight excluding hydrogens is 188 g/mol. The molecule has 0 aliphatic heterocycles. The van der Waals surface area contributed by atoms with Crippen LogP contribution in [-0.2, 0) is 0 Å². The zero-order chi connectivity index (χ0) is 9.72. The van der Waals surface area contributed by atoms with Crippen LogP contribution in [0.2, 0.25) is 0 Å². The molecule has 0 unspecified atom stereocenters. The molecule has 4 atom stereocenters. The molecule has 0 aliphatic rings. The summed E-state index contributed by atoms with van der Waals surface area (Å²) in [6.45, 7) is -0.687. The largest absolute Gasteiger partial charge is 0.394 e. The van der Waals surface area contributed by atoms with Crippen molar-refractivity contribution in [3.05, 3.63) is 0 Å². The number of hydrogen-bond donors (Lipinski definition) is 5. The van der Waals surface area contributed by atoms with Crippen molar-refractivity contribution in [3.63, 3.8) is 0 Å². The van der Waals surface area contributed by atoms with E-state index in [1.807, 2.05) is 0 Å². The maximum absolute atomic E-state index is 9.03. The van der Waals surface area contributed by atoms with Crippen molar-refractivity contribution in [2.45, 2.75) is 24.4 Å². The zero-order valence-corrected chi connectivity index (χ0v) is 7.09. The van der Waals surface area contributed by atoms with Gasteiger partial charge in [0.15, 0.2) is 0 Å². The van der Waals surface area contributed by atoms with Crippen LogP contribution in [0, 0.1) is 0 Å². The highest BCUT2D eigenvalue weighted by atomic mass is 35.5. The average molecular weight is 201 g/mol. The molecule has 0 heterocycles. The average Bonchev–Trinajstić information content (AvgIpc) is 2.12. The van der Waals surface area contributed by atoms with Gasteiger partial charge in [-0.1, -0.05) is 0 Å². The van der Waals surface area contributed by atoms with Gasteiger partial charge in [-0.2, -0.15) is 0 Å². The minimum Gasteiger partial charge on any atom is -0.394 e. The monoisotopic (exact) mass is 200 g/mol. The van der Waals surface area contributed by atoms with Crippen molar-refractivity contribution in [1.82, 2.24) is 0 Å². The van der Waals surface area contributed by atoms with Gasteiger partial charge in [0, 0.05) is 0 Å². The first-order valence-corrected chi connectivity index (χ1v) is 3.97. The van der Waals surface area contributed by atoms with Crippen LogP contribution in [0.3, 0.4) is 0 Å².